The zero-order valence-electron chi connectivity index (χ0n) is 35.9. The Morgan fingerprint density at radius 1 is 0.603 bits per heavy atom. The highest BCUT2D eigenvalue weighted by Crippen LogP contribution is 2.14. The number of nitrogens with one attached hydrogen (secondary N) is 6. The van der Waals surface area contributed by atoms with Gasteiger partial charge in [0.15, 0.2) is 5.96 Å². The number of carboxylic acid groups (broad SMARTS) is 1. The van der Waals surface area contributed by atoms with E-state index in [0.29, 0.717) is 18.4 Å². The van der Waals surface area contributed by atoms with Gasteiger partial charge in [-0.25, -0.2) is 4.79 Å². The molecule has 0 spiro atoms. The van der Waals surface area contributed by atoms with Gasteiger partial charge in [0.2, 0.25) is 47.3 Å². The lowest BCUT2D eigenvalue weighted by molar-refractivity contribution is -0.143. The highest BCUT2D eigenvalue weighted by atomic mass is 16.4. The van der Waals surface area contributed by atoms with E-state index in [1.807, 2.05) is 0 Å². The van der Waals surface area contributed by atoms with Crippen molar-refractivity contribution in [1.82, 2.24) is 31.9 Å². The number of nitrogens with two attached hydrogens (primary N) is 6. The number of aliphatic imine (C=N–C) groups is 1. The van der Waals surface area contributed by atoms with Crippen molar-refractivity contribution in [2.24, 2.45) is 45.3 Å². The molecule has 1 aromatic carbocycles. The van der Waals surface area contributed by atoms with Crippen LogP contribution in [-0.2, 0) is 49.6 Å². The molecular formula is C39H65N13O11. The summed E-state index contributed by atoms with van der Waals surface area (Å²) in [6.45, 7) is 5.26. The number of benzene rings is 1. The Morgan fingerprint density at radius 3 is 1.54 bits per heavy atom. The lowest BCUT2D eigenvalue weighted by Crippen LogP contribution is -2.60. The molecule has 352 valence electrons. The summed E-state index contributed by atoms with van der Waals surface area (Å²) in [6, 6.07) is -3.82. The zero-order valence-corrected chi connectivity index (χ0v) is 35.9. The van der Waals surface area contributed by atoms with Crippen LogP contribution >= 0.6 is 0 Å². The SMILES string of the molecule is CC(C)C[C@H](NC(=O)[C@H](Cc1ccc(O)cc1)NC(=O)[C@H](CCCN=C(N)N)NC(=O)[C@H](C)N)C(=O)N[C@@H](CCC(N)=O)C(=O)N[C@@H](CCCCN)C(=O)N[C@@H](CC(N)=O)C(=O)O. The van der Waals surface area contributed by atoms with E-state index in [2.05, 4.69) is 36.9 Å². The van der Waals surface area contributed by atoms with Gasteiger partial charge in [0, 0.05) is 19.4 Å². The minimum atomic E-state index is -1.72. The first kappa shape index (κ1) is 54.5. The topological polar surface area (TPSA) is 435 Å². The molecule has 0 heterocycles. The fourth-order valence-corrected chi connectivity index (χ4v) is 5.94. The quantitative estimate of drug-likeness (QED) is 0.0197. The number of phenolic OH excluding ortho intramolecular Hbond substituents is 1. The van der Waals surface area contributed by atoms with Gasteiger partial charge in [-0.2, -0.15) is 0 Å². The molecule has 0 bridgehead atoms. The van der Waals surface area contributed by atoms with Crippen LogP contribution in [0.3, 0.4) is 0 Å². The van der Waals surface area contributed by atoms with Gasteiger partial charge in [-0.1, -0.05) is 26.0 Å². The molecule has 24 nitrogen and oxygen atoms in total. The largest absolute Gasteiger partial charge is 0.508 e. The van der Waals surface area contributed by atoms with E-state index in [9.17, 15) is 53.4 Å². The highest BCUT2D eigenvalue weighted by molar-refractivity contribution is 5.97. The van der Waals surface area contributed by atoms with Crippen LogP contribution in [0.1, 0.15) is 84.1 Å². The predicted octanol–water partition coefficient (Wildman–Crippen LogP) is -4.36. The molecular weight excluding hydrogens is 827 g/mol. The molecule has 0 radical (unpaired) electrons. The number of carbonyl (C=O) groups excluding carboxylic acids is 8. The second-order valence-corrected chi connectivity index (χ2v) is 15.4. The fourth-order valence-electron chi connectivity index (χ4n) is 5.94. The molecule has 63 heavy (non-hydrogen) atoms. The summed E-state index contributed by atoms with van der Waals surface area (Å²) in [7, 11) is 0. The average Bonchev–Trinajstić information content (AvgIpc) is 3.19. The van der Waals surface area contributed by atoms with Crippen molar-refractivity contribution in [3.63, 3.8) is 0 Å². The average molecular weight is 892 g/mol. The summed E-state index contributed by atoms with van der Waals surface area (Å²) in [6.07, 6.45) is -0.724. The monoisotopic (exact) mass is 891 g/mol. The van der Waals surface area contributed by atoms with Gasteiger partial charge < -0.3 is 76.5 Å². The van der Waals surface area contributed by atoms with Gasteiger partial charge in [0.05, 0.1) is 12.5 Å². The van der Waals surface area contributed by atoms with Crippen LogP contribution in [0, 0.1) is 5.92 Å². The zero-order chi connectivity index (χ0) is 47.8. The van der Waals surface area contributed by atoms with Gasteiger partial charge in [-0.15, -0.1) is 0 Å². The highest BCUT2D eigenvalue weighted by Gasteiger charge is 2.34. The minimum absolute atomic E-state index is 0.0000294. The molecule has 1 aromatic rings. The molecule has 8 amide bonds. The molecule has 0 aliphatic carbocycles. The van der Waals surface area contributed by atoms with Gasteiger partial charge in [0.25, 0.3) is 0 Å². The number of unbranched alkanes of at least 4 members (excludes halogenated alkanes) is 1. The maximum atomic E-state index is 14.1. The van der Waals surface area contributed by atoms with Crippen molar-refractivity contribution >= 4 is 59.2 Å². The van der Waals surface area contributed by atoms with E-state index in [0.717, 1.165) is 0 Å². The summed E-state index contributed by atoms with van der Waals surface area (Å²) in [5, 5.41) is 34.4. The van der Waals surface area contributed by atoms with Crippen molar-refractivity contribution in [2.45, 2.75) is 127 Å². The Hall–Kier alpha value is -6.56. The molecule has 0 unspecified atom stereocenters. The molecule has 0 aromatic heterocycles. The van der Waals surface area contributed by atoms with Crippen LogP contribution in [0.25, 0.3) is 0 Å². The lowest BCUT2D eigenvalue weighted by Gasteiger charge is -2.28. The van der Waals surface area contributed by atoms with Gasteiger partial charge in [-0.05, 0) is 82.0 Å². The molecule has 20 N–H and O–H groups in total. The molecule has 24 heteroatoms. The van der Waals surface area contributed by atoms with E-state index < -0.39 is 108 Å². The van der Waals surface area contributed by atoms with Crippen LogP contribution in [0.5, 0.6) is 5.75 Å². The van der Waals surface area contributed by atoms with Crippen molar-refractivity contribution in [3.05, 3.63) is 29.8 Å². The third-order valence-electron chi connectivity index (χ3n) is 9.25. The third kappa shape index (κ3) is 22.2. The number of carbonyl (C=O) groups is 9. The number of guanidine groups is 1. The van der Waals surface area contributed by atoms with Gasteiger partial charge in [-0.3, -0.25) is 43.3 Å². The molecule has 0 fully saturated rings. The molecule has 7 atom stereocenters. The van der Waals surface area contributed by atoms with Crippen molar-refractivity contribution in [2.75, 3.05) is 13.1 Å². The predicted molar refractivity (Wildman–Crippen MR) is 229 cm³/mol. The molecule has 0 saturated carbocycles. The number of amides is 8. The van der Waals surface area contributed by atoms with Crippen LogP contribution in [0.2, 0.25) is 0 Å². The number of nitrogens with zero attached hydrogens (tertiary/aromatic N) is 1. The second-order valence-electron chi connectivity index (χ2n) is 15.4. The Bertz CT molecular complexity index is 1750. The van der Waals surface area contributed by atoms with Gasteiger partial charge in [0.1, 0.15) is 42.0 Å². The summed E-state index contributed by atoms with van der Waals surface area (Å²) in [5.74, 6) is -9.03. The molecule has 0 aliphatic rings. The maximum Gasteiger partial charge on any atom is 0.326 e. The minimum Gasteiger partial charge on any atom is -0.508 e. The first-order valence-electron chi connectivity index (χ1n) is 20.4. The first-order valence-corrected chi connectivity index (χ1v) is 20.4. The Balaban J connectivity index is 3.52. The van der Waals surface area contributed by atoms with E-state index in [-0.39, 0.29) is 69.2 Å². The number of aromatic hydroxyl groups is 1. The van der Waals surface area contributed by atoms with Crippen molar-refractivity contribution in [1.29, 1.82) is 0 Å². The van der Waals surface area contributed by atoms with Crippen molar-refractivity contribution in [3.8, 4) is 5.75 Å². The smallest absolute Gasteiger partial charge is 0.326 e. The maximum absolute atomic E-state index is 14.1. The number of hydrogen-bond donors (Lipinski definition) is 14. The summed E-state index contributed by atoms with van der Waals surface area (Å²) in [4.78, 5) is 120. The molecule has 1 rings (SSSR count). The number of phenols is 1. The standard InChI is InChI=1S/C39H65N13O11/c1-20(2)17-27(36(60)49-26(13-14-30(42)54)35(59)48-24(7-4-5-15-40)34(58)52-29(38(62)63)19-31(43)55)50-37(61)28(18-22-9-11-23(53)12-10-22)51-33(57)25(47-32(56)21(3)41)8-6-16-46-39(44)45/h9-12,20-21,24-29,53H,4-8,13-19,40-41H2,1-3H3,(H2,42,54)(H2,43,55)(H,47,56)(H,48,59)(H,49,60)(H,50,61)(H,51,57)(H,52,58)(H,62,63)(H4,44,45,46)/t21-,24-,25-,26-,27-,28-,29-/m0/s1. The number of primary amides is 2. The molecule has 0 aliphatic heterocycles. The van der Waals surface area contributed by atoms with Crippen LogP contribution in [-0.4, -0.2) is 125 Å². The molecule has 0 saturated heterocycles. The van der Waals surface area contributed by atoms with E-state index >= 15 is 0 Å². The van der Waals surface area contributed by atoms with Crippen LogP contribution in [0.4, 0.5) is 0 Å². The van der Waals surface area contributed by atoms with Gasteiger partial charge >= 0.3 is 5.97 Å². The van der Waals surface area contributed by atoms with Crippen LogP contribution in [0.15, 0.2) is 29.3 Å². The number of rotatable bonds is 30. The first-order chi connectivity index (χ1) is 29.5. The van der Waals surface area contributed by atoms with E-state index in [1.165, 1.54) is 31.2 Å². The second kappa shape index (κ2) is 28.1. The summed E-state index contributed by atoms with van der Waals surface area (Å²) in [5.41, 5.74) is 33.1. The third-order valence-corrected chi connectivity index (χ3v) is 9.25. The van der Waals surface area contributed by atoms with E-state index in [1.54, 1.807) is 13.8 Å². The normalized spacial score (nSPS) is 14.3. The fraction of sp³-hybridized carbons (Fsp3) is 0.590. The Kier molecular flexibility index (Phi) is 24.3. The van der Waals surface area contributed by atoms with E-state index in [4.69, 9.17) is 34.4 Å². The van der Waals surface area contributed by atoms with Crippen molar-refractivity contribution < 1.29 is 53.4 Å². The number of hydrogen-bond acceptors (Lipinski definition) is 13. The lowest BCUT2D eigenvalue weighted by atomic mass is 9.99. The summed E-state index contributed by atoms with van der Waals surface area (Å²) >= 11 is 0. The summed E-state index contributed by atoms with van der Waals surface area (Å²) < 4.78 is 0. The van der Waals surface area contributed by atoms with Crippen LogP contribution < -0.4 is 66.3 Å². The Morgan fingerprint density at radius 2 is 1.06 bits per heavy atom. The number of aliphatic carboxylic acids is 1. The number of carboxylic acids is 1. The Labute approximate surface area is 365 Å².